The molecule has 2 N–H and O–H groups in total. The lowest BCUT2D eigenvalue weighted by atomic mass is 10.2. The largest absolute Gasteiger partial charge is 0.476 e. The van der Waals surface area contributed by atoms with Crippen molar-refractivity contribution in [1.29, 1.82) is 0 Å². The summed E-state index contributed by atoms with van der Waals surface area (Å²) in [5.74, 6) is 0.599. The third kappa shape index (κ3) is 3.53. The molecule has 0 radical (unpaired) electrons. The van der Waals surface area contributed by atoms with E-state index in [1.807, 2.05) is 0 Å². The summed E-state index contributed by atoms with van der Waals surface area (Å²) in [6, 6.07) is 0. The van der Waals surface area contributed by atoms with Crippen molar-refractivity contribution in [3.05, 3.63) is 11.9 Å². The van der Waals surface area contributed by atoms with Gasteiger partial charge in [0.1, 0.15) is 0 Å². The zero-order chi connectivity index (χ0) is 14.4. The molecule has 2 rings (SSSR count). The third-order valence-corrected chi connectivity index (χ3v) is 2.97. The summed E-state index contributed by atoms with van der Waals surface area (Å²) in [7, 11) is 0. The quantitative estimate of drug-likeness (QED) is 0.781. The van der Waals surface area contributed by atoms with Crippen LogP contribution in [-0.4, -0.2) is 26.5 Å². The molecule has 0 saturated heterocycles. The molecule has 0 saturated carbocycles. The van der Waals surface area contributed by atoms with Crippen LogP contribution in [0.2, 0.25) is 0 Å². The number of hydrogen-bond acceptors (Lipinski definition) is 6. The van der Waals surface area contributed by atoms with Gasteiger partial charge >= 0.3 is 0 Å². The topological polar surface area (TPSA) is 86.8 Å². The number of rotatable bonds is 7. The number of hydrogen-bond donors (Lipinski definition) is 1. The number of unbranched alkanes of at least 4 members (excludes halogenated alkanes) is 2. The van der Waals surface area contributed by atoms with Crippen LogP contribution in [0.1, 0.15) is 45.2 Å². The maximum absolute atomic E-state index is 5.71. The molecule has 0 aliphatic carbocycles. The van der Waals surface area contributed by atoms with E-state index in [1.54, 1.807) is 6.20 Å². The first-order valence-corrected chi connectivity index (χ1v) is 7.16. The highest BCUT2D eigenvalue weighted by Crippen LogP contribution is 2.20. The third-order valence-electron chi connectivity index (χ3n) is 2.97. The fraction of sp³-hybridized carbons (Fsp3) is 0.571. The van der Waals surface area contributed by atoms with E-state index in [0.29, 0.717) is 23.7 Å². The van der Waals surface area contributed by atoms with Gasteiger partial charge in [0.2, 0.25) is 11.8 Å². The van der Waals surface area contributed by atoms with Gasteiger partial charge in [-0.2, -0.15) is 9.97 Å². The SMILES string of the molecule is CCCCOc1nc(N)nc2nc(CCCC)cnc12. The Hall–Kier alpha value is -1.98. The standard InChI is InChI=1S/C14H21N5O/c1-3-5-7-10-9-16-11-12(17-10)18-14(15)19-13(11)20-8-6-4-2/h9H,3-8H2,1-2H3,(H2,15,17,18,19). The first-order chi connectivity index (χ1) is 9.74. The summed E-state index contributed by atoms with van der Waals surface area (Å²) in [5.41, 5.74) is 7.73. The number of anilines is 1. The van der Waals surface area contributed by atoms with Gasteiger partial charge in [-0.15, -0.1) is 0 Å². The summed E-state index contributed by atoms with van der Waals surface area (Å²) in [6.07, 6.45) is 6.90. The second-order valence-electron chi connectivity index (χ2n) is 4.73. The van der Waals surface area contributed by atoms with E-state index in [4.69, 9.17) is 10.5 Å². The smallest absolute Gasteiger partial charge is 0.247 e. The molecule has 6 heteroatoms. The minimum atomic E-state index is 0.172. The van der Waals surface area contributed by atoms with E-state index in [-0.39, 0.29) is 5.95 Å². The van der Waals surface area contributed by atoms with Crippen molar-refractivity contribution in [1.82, 2.24) is 19.9 Å². The fourth-order valence-electron chi connectivity index (χ4n) is 1.83. The number of aryl methyl sites for hydroxylation is 1. The fourth-order valence-corrected chi connectivity index (χ4v) is 1.83. The molecular weight excluding hydrogens is 254 g/mol. The minimum Gasteiger partial charge on any atom is -0.476 e. The number of nitrogen functional groups attached to an aromatic ring is 1. The van der Waals surface area contributed by atoms with Crippen molar-refractivity contribution in [2.75, 3.05) is 12.3 Å². The van der Waals surface area contributed by atoms with Crippen molar-refractivity contribution < 1.29 is 4.74 Å². The van der Waals surface area contributed by atoms with E-state index < -0.39 is 0 Å². The minimum absolute atomic E-state index is 0.172. The van der Waals surface area contributed by atoms with Crippen LogP contribution < -0.4 is 10.5 Å². The van der Waals surface area contributed by atoms with E-state index >= 15 is 0 Å². The van der Waals surface area contributed by atoms with Gasteiger partial charge in [-0.05, 0) is 19.3 Å². The number of nitrogens with two attached hydrogens (primary N) is 1. The molecule has 0 aliphatic rings. The van der Waals surface area contributed by atoms with Crippen LogP contribution in [0.4, 0.5) is 5.95 Å². The predicted molar refractivity (Wildman–Crippen MR) is 78.6 cm³/mol. The molecule has 2 heterocycles. The monoisotopic (exact) mass is 275 g/mol. The molecule has 0 amide bonds. The van der Waals surface area contributed by atoms with Gasteiger partial charge in [-0.25, -0.2) is 9.97 Å². The first kappa shape index (κ1) is 14.4. The Bertz CT molecular complexity index is 573. The van der Waals surface area contributed by atoms with Gasteiger partial charge in [0.15, 0.2) is 11.2 Å². The molecular formula is C14H21N5O. The molecule has 20 heavy (non-hydrogen) atoms. The van der Waals surface area contributed by atoms with Crippen LogP contribution in [-0.2, 0) is 6.42 Å². The maximum atomic E-state index is 5.71. The highest BCUT2D eigenvalue weighted by Gasteiger charge is 2.11. The summed E-state index contributed by atoms with van der Waals surface area (Å²) in [4.78, 5) is 17.1. The lowest BCUT2D eigenvalue weighted by Gasteiger charge is -2.08. The molecule has 0 fully saturated rings. The normalized spacial score (nSPS) is 10.9. The van der Waals surface area contributed by atoms with Gasteiger partial charge in [-0.1, -0.05) is 26.7 Å². The van der Waals surface area contributed by atoms with Gasteiger partial charge < -0.3 is 10.5 Å². The molecule has 0 atom stereocenters. The van der Waals surface area contributed by atoms with Gasteiger partial charge in [0.25, 0.3) is 0 Å². The molecule has 0 bridgehead atoms. The number of ether oxygens (including phenoxy) is 1. The van der Waals surface area contributed by atoms with Gasteiger partial charge in [-0.3, -0.25) is 0 Å². The van der Waals surface area contributed by atoms with Crippen molar-refractivity contribution in [3.63, 3.8) is 0 Å². The van der Waals surface area contributed by atoms with E-state index in [0.717, 1.165) is 37.8 Å². The van der Waals surface area contributed by atoms with E-state index in [1.165, 1.54) is 0 Å². The van der Waals surface area contributed by atoms with Crippen LogP contribution in [0.15, 0.2) is 6.20 Å². The van der Waals surface area contributed by atoms with Crippen molar-refractivity contribution in [2.24, 2.45) is 0 Å². The summed E-state index contributed by atoms with van der Waals surface area (Å²) in [5, 5.41) is 0. The summed E-state index contributed by atoms with van der Waals surface area (Å²) in [6.45, 7) is 4.85. The van der Waals surface area contributed by atoms with Crippen LogP contribution in [0, 0.1) is 0 Å². The van der Waals surface area contributed by atoms with Gasteiger partial charge in [0, 0.05) is 6.20 Å². The Morgan fingerprint density at radius 3 is 2.65 bits per heavy atom. The Kier molecular flexibility index (Phi) is 5.03. The Morgan fingerprint density at radius 1 is 1.10 bits per heavy atom. The lowest BCUT2D eigenvalue weighted by molar-refractivity contribution is 0.301. The molecule has 0 aliphatic heterocycles. The summed E-state index contributed by atoms with van der Waals surface area (Å²) < 4.78 is 5.63. The molecule has 108 valence electrons. The summed E-state index contributed by atoms with van der Waals surface area (Å²) >= 11 is 0. The second-order valence-corrected chi connectivity index (χ2v) is 4.73. The number of nitrogens with zero attached hydrogens (tertiary/aromatic N) is 4. The predicted octanol–water partition coefficient (Wildman–Crippen LogP) is 2.52. The van der Waals surface area contributed by atoms with Gasteiger partial charge in [0.05, 0.1) is 12.3 Å². The van der Waals surface area contributed by atoms with Crippen molar-refractivity contribution >= 4 is 17.1 Å². The highest BCUT2D eigenvalue weighted by atomic mass is 16.5. The zero-order valence-corrected chi connectivity index (χ0v) is 12.1. The number of fused-ring (bicyclic) bond motifs is 1. The zero-order valence-electron chi connectivity index (χ0n) is 12.1. The van der Waals surface area contributed by atoms with E-state index in [9.17, 15) is 0 Å². The van der Waals surface area contributed by atoms with Crippen LogP contribution in [0.25, 0.3) is 11.2 Å². The van der Waals surface area contributed by atoms with Crippen LogP contribution in [0.3, 0.4) is 0 Å². The molecule has 0 aromatic carbocycles. The molecule has 0 spiro atoms. The van der Waals surface area contributed by atoms with Crippen LogP contribution >= 0.6 is 0 Å². The molecule has 6 nitrogen and oxygen atoms in total. The average molecular weight is 275 g/mol. The highest BCUT2D eigenvalue weighted by molar-refractivity contribution is 5.76. The van der Waals surface area contributed by atoms with Crippen molar-refractivity contribution in [3.8, 4) is 5.88 Å². The second kappa shape index (κ2) is 6.98. The Labute approximate surface area is 118 Å². The molecule has 2 aromatic rings. The maximum Gasteiger partial charge on any atom is 0.247 e. The Balaban J connectivity index is 2.29. The van der Waals surface area contributed by atoms with E-state index in [2.05, 4.69) is 33.8 Å². The first-order valence-electron chi connectivity index (χ1n) is 7.16. The average Bonchev–Trinajstić information content (AvgIpc) is 2.44. The Morgan fingerprint density at radius 2 is 1.90 bits per heavy atom. The molecule has 0 unspecified atom stereocenters. The molecule has 2 aromatic heterocycles. The number of aromatic nitrogens is 4. The van der Waals surface area contributed by atoms with Crippen molar-refractivity contribution in [2.45, 2.75) is 46.0 Å². The van der Waals surface area contributed by atoms with Crippen LogP contribution in [0.5, 0.6) is 5.88 Å². The lowest BCUT2D eigenvalue weighted by Crippen LogP contribution is -2.06.